The number of esters is 2. The topological polar surface area (TPSA) is 81.7 Å². The molecule has 1 N–H and O–H groups in total. The number of carbonyl (C=O) groups is 3. The second-order valence-corrected chi connectivity index (χ2v) is 6.80. The molecule has 0 aromatic carbocycles. The van der Waals surface area contributed by atoms with E-state index in [-0.39, 0.29) is 25.1 Å². The highest BCUT2D eigenvalue weighted by molar-refractivity contribution is 7.16. The highest BCUT2D eigenvalue weighted by atomic mass is 32.1. The Morgan fingerprint density at radius 2 is 2.04 bits per heavy atom. The van der Waals surface area contributed by atoms with E-state index in [1.165, 1.54) is 11.3 Å². The Balaban J connectivity index is 1.93. The van der Waals surface area contributed by atoms with Gasteiger partial charge >= 0.3 is 11.9 Å². The predicted octanol–water partition coefficient (Wildman–Crippen LogP) is 3.33. The number of ether oxygens (including phenoxy) is 2. The third kappa shape index (κ3) is 5.42. The van der Waals surface area contributed by atoms with Crippen molar-refractivity contribution in [2.24, 2.45) is 5.92 Å². The van der Waals surface area contributed by atoms with Crippen molar-refractivity contribution in [3.05, 3.63) is 28.7 Å². The van der Waals surface area contributed by atoms with Crippen molar-refractivity contribution in [2.45, 2.75) is 39.5 Å². The fourth-order valence-corrected chi connectivity index (χ4v) is 3.49. The van der Waals surface area contributed by atoms with E-state index in [1.54, 1.807) is 13.0 Å². The molecule has 2 rings (SSSR count). The minimum atomic E-state index is -0.472. The number of hydrogen-bond donors (Lipinski definition) is 1. The lowest BCUT2D eigenvalue weighted by Crippen LogP contribution is -2.25. The van der Waals surface area contributed by atoms with Gasteiger partial charge in [-0.15, -0.1) is 11.3 Å². The lowest BCUT2D eigenvalue weighted by Gasteiger charge is -2.16. The maximum atomic E-state index is 12.1. The van der Waals surface area contributed by atoms with Gasteiger partial charge in [0.05, 0.1) is 18.1 Å². The summed E-state index contributed by atoms with van der Waals surface area (Å²) in [5.74, 6) is -1.47. The lowest BCUT2D eigenvalue weighted by molar-refractivity contribution is -0.151. The van der Waals surface area contributed by atoms with E-state index in [0.29, 0.717) is 17.0 Å². The van der Waals surface area contributed by atoms with E-state index in [9.17, 15) is 14.4 Å². The number of rotatable bonds is 7. The van der Waals surface area contributed by atoms with E-state index in [0.717, 1.165) is 24.1 Å². The zero-order valence-electron chi connectivity index (χ0n) is 14.5. The smallest absolute Gasteiger partial charge is 0.341 e. The molecule has 136 valence electrons. The van der Waals surface area contributed by atoms with Crippen molar-refractivity contribution < 1.29 is 23.9 Å². The summed E-state index contributed by atoms with van der Waals surface area (Å²) in [5.41, 5.74) is 0.334. The van der Waals surface area contributed by atoms with Crippen LogP contribution in [0.1, 0.15) is 48.3 Å². The number of allylic oxidation sites excluding steroid dienone is 2. The van der Waals surface area contributed by atoms with Gasteiger partial charge in [-0.25, -0.2) is 4.79 Å². The van der Waals surface area contributed by atoms with Gasteiger partial charge in [-0.3, -0.25) is 9.59 Å². The van der Waals surface area contributed by atoms with Gasteiger partial charge in [0.1, 0.15) is 5.00 Å². The van der Waals surface area contributed by atoms with Crippen LogP contribution in [0.4, 0.5) is 5.00 Å². The summed E-state index contributed by atoms with van der Waals surface area (Å²) in [7, 11) is 0. The first-order chi connectivity index (χ1) is 12.0. The zero-order chi connectivity index (χ0) is 18.2. The van der Waals surface area contributed by atoms with Gasteiger partial charge in [-0.05, 0) is 38.7 Å². The third-order valence-corrected chi connectivity index (χ3v) is 5.02. The van der Waals surface area contributed by atoms with Gasteiger partial charge in [-0.1, -0.05) is 19.1 Å². The van der Waals surface area contributed by atoms with E-state index in [1.807, 2.05) is 19.1 Å². The van der Waals surface area contributed by atoms with Crippen molar-refractivity contribution in [3.63, 3.8) is 0 Å². The van der Waals surface area contributed by atoms with Crippen molar-refractivity contribution >= 4 is 34.2 Å². The SMILES string of the molecule is CCOC(=O)c1cc(CC)sc1NC(=O)COC(=O)C1CC=CCC1. The average molecular weight is 365 g/mol. The second-order valence-electron chi connectivity index (χ2n) is 5.67. The van der Waals surface area contributed by atoms with Crippen LogP contribution in [0.25, 0.3) is 0 Å². The summed E-state index contributed by atoms with van der Waals surface area (Å²) in [4.78, 5) is 37.0. The average Bonchev–Trinajstić information content (AvgIpc) is 3.03. The number of carbonyl (C=O) groups excluding carboxylic acids is 3. The maximum Gasteiger partial charge on any atom is 0.341 e. The van der Waals surface area contributed by atoms with Crippen LogP contribution >= 0.6 is 11.3 Å². The molecule has 1 aliphatic carbocycles. The number of amides is 1. The number of hydrogen-bond acceptors (Lipinski definition) is 6. The first-order valence-corrected chi connectivity index (χ1v) is 9.28. The Kier molecular flexibility index (Phi) is 7.18. The molecule has 1 unspecified atom stereocenters. The minimum Gasteiger partial charge on any atom is -0.462 e. The number of anilines is 1. The van der Waals surface area contributed by atoms with Gasteiger partial charge in [0, 0.05) is 4.88 Å². The highest BCUT2D eigenvalue weighted by Gasteiger charge is 2.22. The van der Waals surface area contributed by atoms with Gasteiger partial charge in [-0.2, -0.15) is 0 Å². The minimum absolute atomic E-state index is 0.179. The molecular weight excluding hydrogens is 342 g/mol. The molecule has 1 aliphatic rings. The summed E-state index contributed by atoms with van der Waals surface area (Å²) in [6, 6.07) is 1.72. The Morgan fingerprint density at radius 3 is 2.68 bits per heavy atom. The van der Waals surface area contributed by atoms with Crippen LogP contribution < -0.4 is 5.32 Å². The van der Waals surface area contributed by atoms with Gasteiger partial charge in [0.15, 0.2) is 6.61 Å². The van der Waals surface area contributed by atoms with Crippen molar-refractivity contribution in [3.8, 4) is 0 Å². The van der Waals surface area contributed by atoms with Crippen LogP contribution in [0.3, 0.4) is 0 Å². The first kappa shape index (κ1) is 19.2. The van der Waals surface area contributed by atoms with Crippen molar-refractivity contribution in [1.29, 1.82) is 0 Å². The monoisotopic (exact) mass is 365 g/mol. The van der Waals surface area contributed by atoms with Crippen molar-refractivity contribution in [2.75, 3.05) is 18.5 Å². The van der Waals surface area contributed by atoms with E-state index in [4.69, 9.17) is 9.47 Å². The first-order valence-electron chi connectivity index (χ1n) is 8.46. The Bertz CT molecular complexity index is 664. The standard InChI is InChI=1S/C18H23NO5S/c1-3-13-10-14(18(22)23-4-2)16(25-13)19-15(20)11-24-17(21)12-8-6-5-7-9-12/h5-6,10,12H,3-4,7-9,11H2,1-2H3,(H,19,20). The molecule has 0 saturated carbocycles. The number of thiophene rings is 1. The quantitative estimate of drug-likeness (QED) is 0.592. The fourth-order valence-electron chi connectivity index (χ4n) is 2.49. The highest BCUT2D eigenvalue weighted by Crippen LogP contribution is 2.29. The summed E-state index contributed by atoms with van der Waals surface area (Å²) in [6.07, 6.45) is 6.99. The summed E-state index contributed by atoms with van der Waals surface area (Å²) >= 11 is 1.32. The maximum absolute atomic E-state index is 12.1. The predicted molar refractivity (Wildman–Crippen MR) is 95.7 cm³/mol. The Morgan fingerprint density at radius 1 is 1.24 bits per heavy atom. The Hall–Kier alpha value is -2.15. The largest absolute Gasteiger partial charge is 0.462 e. The number of nitrogens with one attached hydrogen (secondary N) is 1. The number of aryl methyl sites for hydroxylation is 1. The fraction of sp³-hybridized carbons (Fsp3) is 0.500. The summed E-state index contributed by atoms with van der Waals surface area (Å²) < 4.78 is 10.1. The van der Waals surface area contributed by atoms with Crippen LogP contribution in [0.2, 0.25) is 0 Å². The van der Waals surface area contributed by atoms with Crippen LogP contribution in [0, 0.1) is 5.92 Å². The van der Waals surface area contributed by atoms with Crippen molar-refractivity contribution in [1.82, 2.24) is 0 Å². The van der Waals surface area contributed by atoms with Gasteiger partial charge < -0.3 is 14.8 Å². The molecule has 0 spiro atoms. The Labute approximate surface area is 151 Å². The van der Waals surface area contributed by atoms with Gasteiger partial charge in [0.25, 0.3) is 5.91 Å². The van der Waals surface area contributed by atoms with Gasteiger partial charge in [0.2, 0.25) is 0 Å². The van der Waals surface area contributed by atoms with Crippen LogP contribution in [0.15, 0.2) is 18.2 Å². The molecule has 25 heavy (non-hydrogen) atoms. The second kappa shape index (κ2) is 9.36. The third-order valence-electron chi connectivity index (χ3n) is 3.83. The van der Waals surface area contributed by atoms with Crippen LogP contribution in [-0.4, -0.2) is 31.1 Å². The molecule has 1 atom stereocenters. The molecule has 0 radical (unpaired) electrons. The molecule has 7 heteroatoms. The van der Waals surface area contributed by atoms with Crippen LogP contribution in [-0.2, 0) is 25.5 Å². The normalized spacial score (nSPS) is 16.3. The summed E-state index contributed by atoms with van der Waals surface area (Å²) in [6.45, 7) is 3.59. The summed E-state index contributed by atoms with van der Waals surface area (Å²) in [5, 5.41) is 3.08. The molecule has 1 aromatic heterocycles. The molecule has 0 bridgehead atoms. The van der Waals surface area contributed by atoms with E-state index in [2.05, 4.69) is 5.32 Å². The van der Waals surface area contributed by atoms with E-state index >= 15 is 0 Å². The molecule has 6 nitrogen and oxygen atoms in total. The molecule has 1 heterocycles. The molecule has 0 aliphatic heterocycles. The zero-order valence-corrected chi connectivity index (χ0v) is 15.3. The molecule has 0 fully saturated rings. The van der Waals surface area contributed by atoms with Crippen LogP contribution in [0.5, 0.6) is 0 Å². The molecular formula is C18H23NO5S. The molecule has 1 aromatic rings. The van der Waals surface area contributed by atoms with E-state index < -0.39 is 11.9 Å². The lowest BCUT2D eigenvalue weighted by atomic mass is 9.95. The molecule has 0 saturated heterocycles. The molecule has 1 amide bonds.